The van der Waals surface area contributed by atoms with E-state index in [0.29, 0.717) is 13.0 Å². The van der Waals surface area contributed by atoms with Crippen LogP contribution in [0.3, 0.4) is 0 Å². The lowest BCUT2D eigenvalue weighted by Crippen LogP contribution is -2.05. The lowest BCUT2D eigenvalue weighted by molar-refractivity contribution is -0.143. The predicted molar refractivity (Wildman–Crippen MR) is 175 cm³/mol. The molecular weight excluding hydrogens is 476 g/mol. The zero-order chi connectivity index (χ0) is 28.3. The number of esters is 1. The maximum absolute atomic E-state index is 11.9. The molecule has 2 heteroatoms. The van der Waals surface area contributed by atoms with Gasteiger partial charge in [-0.05, 0) is 12.8 Å². The molecule has 0 aromatic rings. The summed E-state index contributed by atoms with van der Waals surface area (Å²) in [6.07, 6.45) is 44.6. The topological polar surface area (TPSA) is 26.3 Å². The molecule has 234 valence electrons. The molecule has 0 radical (unpaired) electrons. The smallest absolute Gasteiger partial charge is 0.305 e. The fourth-order valence-electron chi connectivity index (χ4n) is 5.73. The molecule has 0 aromatic heterocycles. The van der Waals surface area contributed by atoms with E-state index in [2.05, 4.69) is 13.8 Å². The van der Waals surface area contributed by atoms with E-state index < -0.39 is 0 Å². The maximum Gasteiger partial charge on any atom is 0.305 e. The first kappa shape index (κ1) is 38.5. The SMILES string of the molecule is CCCCCCCCCCCCCCCCCCCCCCCOC(=O)CCCCCCCCCCCCC. The van der Waals surface area contributed by atoms with Gasteiger partial charge >= 0.3 is 5.97 Å². The molecule has 0 atom stereocenters. The van der Waals surface area contributed by atoms with Crippen molar-refractivity contribution in [2.45, 2.75) is 226 Å². The molecule has 0 aromatic carbocycles. The predicted octanol–water partition coefficient (Wildman–Crippen LogP) is 13.4. The number of ether oxygens (including phenoxy) is 1. The van der Waals surface area contributed by atoms with Crippen LogP contribution in [0, 0.1) is 0 Å². The Balaban J connectivity index is 3.12. The summed E-state index contributed by atoms with van der Waals surface area (Å²) in [4.78, 5) is 11.9. The second-order valence-corrected chi connectivity index (χ2v) is 12.6. The van der Waals surface area contributed by atoms with Crippen molar-refractivity contribution >= 4 is 5.97 Å². The van der Waals surface area contributed by atoms with Crippen LogP contribution >= 0.6 is 0 Å². The van der Waals surface area contributed by atoms with Gasteiger partial charge in [-0.2, -0.15) is 0 Å². The van der Waals surface area contributed by atoms with Crippen molar-refractivity contribution in [1.29, 1.82) is 0 Å². The van der Waals surface area contributed by atoms with Gasteiger partial charge in [0.1, 0.15) is 0 Å². The highest BCUT2D eigenvalue weighted by Crippen LogP contribution is 2.15. The average molecular weight is 551 g/mol. The molecule has 0 aliphatic heterocycles. The molecule has 0 aliphatic rings. The highest BCUT2D eigenvalue weighted by atomic mass is 16.5. The zero-order valence-electron chi connectivity index (χ0n) is 27.4. The zero-order valence-corrected chi connectivity index (χ0v) is 27.4. The molecule has 0 bridgehead atoms. The first-order valence-electron chi connectivity index (χ1n) is 18.5. The molecule has 0 amide bonds. The Kier molecular flexibility index (Phi) is 35.0. The monoisotopic (exact) mass is 551 g/mol. The molecule has 0 unspecified atom stereocenters. The fourth-order valence-corrected chi connectivity index (χ4v) is 5.73. The Morgan fingerprint density at radius 2 is 0.564 bits per heavy atom. The molecule has 0 fully saturated rings. The van der Waals surface area contributed by atoms with Crippen molar-refractivity contribution in [3.63, 3.8) is 0 Å². The summed E-state index contributed by atoms with van der Waals surface area (Å²) in [5.74, 6) is 0.0269. The van der Waals surface area contributed by atoms with Gasteiger partial charge in [0.25, 0.3) is 0 Å². The standard InChI is InChI=1S/C37H74O2/c1-3-5-7-9-11-13-15-16-17-18-19-20-21-22-23-24-26-28-30-32-34-36-39-37(38)35-33-31-29-27-25-14-12-10-8-6-4-2/h3-36H2,1-2H3. The van der Waals surface area contributed by atoms with Crippen molar-refractivity contribution in [1.82, 2.24) is 0 Å². The van der Waals surface area contributed by atoms with Crippen LogP contribution < -0.4 is 0 Å². The average Bonchev–Trinajstić information content (AvgIpc) is 2.94. The van der Waals surface area contributed by atoms with Crippen LogP contribution in [0.5, 0.6) is 0 Å². The van der Waals surface area contributed by atoms with Gasteiger partial charge in [-0.15, -0.1) is 0 Å². The maximum atomic E-state index is 11.9. The van der Waals surface area contributed by atoms with E-state index in [4.69, 9.17) is 4.74 Å². The van der Waals surface area contributed by atoms with Gasteiger partial charge in [-0.25, -0.2) is 0 Å². The van der Waals surface area contributed by atoms with Gasteiger partial charge < -0.3 is 4.74 Å². The second kappa shape index (κ2) is 35.5. The Hall–Kier alpha value is -0.530. The van der Waals surface area contributed by atoms with Crippen LogP contribution in [0.4, 0.5) is 0 Å². The summed E-state index contributed by atoms with van der Waals surface area (Å²) in [5, 5.41) is 0. The summed E-state index contributed by atoms with van der Waals surface area (Å²) in [5.41, 5.74) is 0. The molecule has 0 heterocycles. The minimum absolute atomic E-state index is 0.0269. The normalized spacial score (nSPS) is 11.3. The number of hydrogen-bond donors (Lipinski definition) is 0. The van der Waals surface area contributed by atoms with Gasteiger partial charge in [-0.3, -0.25) is 4.79 Å². The summed E-state index contributed by atoms with van der Waals surface area (Å²) < 4.78 is 5.44. The van der Waals surface area contributed by atoms with Crippen LogP contribution in [0.2, 0.25) is 0 Å². The van der Waals surface area contributed by atoms with Crippen molar-refractivity contribution in [2.24, 2.45) is 0 Å². The molecular formula is C37H74O2. The van der Waals surface area contributed by atoms with E-state index in [1.54, 1.807) is 0 Å². The first-order chi connectivity index (χ1) is 19.3. The van der Waals surface area contributed by atoms with Crippen molar-refractivity contribution in [3.05, 3.63) is 0 Å². The molecule has 2 nitrogen and oxygen atoms in total. The third-order valence-corrected chi connectivity index (χ3v) is 8.50. The summed E-state index contributed by atoms with van der Waals surface area (Å²) in [6, 6.07) is 0. The fraction of sp³-hybridized carbons (Fsp3) is 0.973. The van der Waals surface area contributed by atoms with Gasteiger partial charge in [0, 0.05) is 6.42 Å². The van der Waals surface area contributed by atoms with Crippen LogP contribution in [0.1, 0.15) is 226 Å². The van der Waals surface area contributed by atoms with E-state index in [0.717, 1.165) is 12.8 Å². The van der Waals surface area contributed by atoms with E-state index in [9.17, 15) is 4.79 Å². The quantitative estimate of drug-likeness (QED) is 0.0588. The number of carbonyl (C=O) groups excluding carboxylic acids is 1. The minimum Gasteiger partial charge on any atom is -0.466 e. The van der Waals surface area contributed by atoms with Crippen LogP contribution in [-0.4, -0.2) is 12.6 Å². The molecule has 0 spiro atoms. The van der Waals surface area contributed by atoms with Crippen LogP contribution in [0.25, 0.3) is 0 Å². The number of carbonyl (C=O) groups is 1. The second-order valence-electron chi connectivity index (χ2n) is 12.6. The summed E-state index contributed by atoms with van der Waals surface area (Å²) in [7, 11) is 0. The molecule has 0 saturated carbocycles. The Labute approximate surface area is 247 Å². The van der Waals surface area contributed by atoms with Crippen molar-refractivity contribution in [3.8, 4) is 0 Å². The van der Waals surface area contributed by atoms with E-state index in [1.165, 1.54) is 193 Å². The molecule has 0 aliphatic carbocycles. The summed E-state index contributed by atoms with van der Waals surface area (Å²) in [6.45, 7) is 5.21. The van der Waals surface area contributed by atoms with Crippen molar-refractivity contribution < 1.29 is 9.53 Å². The highest BCUT2D eigenvalue weighted by molar-refractivity contribution is 5.69. The Morgan fingerprint density at radius 3 is 0.846 bits per heavy atom. The Morgan fingerprint density at radius 1 is 0.333 bits per heavy atom. The highest BCUT2D eigenvalue weighted by Gasteiger charge is 2.03. The van der Waals surface area contributed by atoms with Gasteiger partial charge in [0.15, 0.2) is 0 Å². The van der Waals surface area contributed by atoms with Gasteiger partial charge in [-0.1, -0.05) is 206 Å². The number of rotatable bonds is 34. The van der Waals surface area contributed by atoms with Gasteiger partial charge in [0.2, 0.25) is 0 Å². The molecule has 0 rings (SSSR count). The number of hydrogen-bond acceptors (Lipinski definition) is 2. The van der Waals surface area contributed by atoms with Gasteiger partial charge in [0.05, 0.1) is 6.61 Å². The largest absolute Gasteiger partial charge is 0.466 e. The third-order valence-electron chi connectivity index (χ3n) is 8.50. The van der Waals surface area contributed by atoms with Crippen LogP contribution in [-0.2, 0) is 9.53 Å². The summed E-state index contributed by atoms with van der Waals surface area (Å²) >= 11 is 0. The molecule has 39 heavy (non-hydrogen) atoms. The molecule has 0 N–H and O–H groups in total. The Bertz CT molecular complexity index is 447. The van der Waals surface area contributed by atoms with E-state index >= 15 is 0 Å². The lowest BCUT2D eigenvalue weighted by Gasteiger charge is -2.06. The lowest BCUT2D eigenvalue weighted by atomic mass is 10.0. The van der Waals surface area contributed by atoms with Crippen LogP contribution in [0.15, 0.2) is 0 Å². The molecule has 0 saturated heterocycles. The minimum atomic E-state index is 0.0269. The van der Waals surface area contributed by atoms with Crippen molar-refractivity contribution in [2.75, 3.05) is 6.61 Å². The number of unbranched alkanes of at least 4 members (excludes halogenated alkanes) is 30. The van der Waals surface area contributed by atoms with E-state index in [1.807, 2.05) is 0 Å². The van der Waals surface area contributed by atoms with E-state index in [-0.39, 0.29) is 5.97 Å². The first-order valence-corrected chi connectivity index (χ1v) is 18.5. The third kappa shape index (κ3) is 35.4.